The molecule has 7 rings (SSSR count). The van der Waals surface area contributed by atoms with Gasteiger partial charge in [0.25, 0.3) is 15.9 Å². The lowest BCUT2D eigenvalue weighted by atomic mass is 10.1. The number of hydrogen-bond donors (Lipinski definition) is 3. The molecule has 1 saturated heterocycles. The van der Waals surface area contributed by atoms with Gasteiger partial charge in [0.1, 0.15) is 34.1 Å². The normalized spacial score (nSPS) is 24.4. The van der Waals surface area contributed by atoms with E-state index in [-0.39, 0.29) is 48.2 Å². The van der Waals surface area contributed by atoms with Crippen LogP contribution in [0.4, 0.5) is 5.69 Å². The fraction of sp³-hybridized carbons (Fsp3) is 0.308. The number of pyridine rings is 1. The number of sulfonamides is 1. The van der Waals surface area contributed by atoms with Gasteiger partial charge in [-0.15, -0.1) is 0 Å². The molecule has 0 spiro atoms. The predicted octanol–water partition coefficient (Wildman–Crippen LogP) is 4.34. The second kappa shape index (κ2) is 14.3. The van der Waals surface area contributed by atoms with Crippen LogP contribution < -0.4 is 24.8 Å². The first-order chi connectivity index (χ1) is 25.5. The van der Waals surface area contributed by atoms with Crippen LogP contribution in [-0.4, -0.2) is 73.3 Å². The number of benzene rings is 3. The number of ether oxygens (including phenoxy) is 2. The highest BCUT2D eigenvalue weighted by atomic mass is 32.2. The number of nitrogens with zero attached hydrogens (tertiary/aromatic N) is 2. The van der Waals surface area contributed by atoms with Crippen LogP contribution in [0, 0.1) is 5.92 Å². The van der Waals surface area contributed by atoms with Crippen LogP contribution in [0.1, 0.15) is 39.0 Å². The quantitative estimate of drug-likeness (QED) is 0.244. The van der Waals surface area contributed by atoms with Crippen LogP contribution in [0.5, 0.6) is 11.5 Å². The van der Waals surface area contributed by atoms with Crippen molar-refractivity contribution in [1.29, 1.82) is 0 Å². The number of nitrogens with one attached hydrogen (secondary N) is 3. The molecule has 274 valence electrons. The lowest BCUT2D eigenvalue weighted by Crippen LogP contribution is -2.56. The zero-order valence-electron chi connectivity index (χ0n) is 29.2. The summed E-state index contributed by atoms with van der Waals surface area (Å²) in [5, 5.41) is 6.19. The molecule has 1 aromatic heterocycles. The maximum atomic E-state index is 14.1. The first-order valence-electron chi connectivity index (χ1n) is 17.4. The molecule has 14 heteroatoms. The fourth-order valence-electron chi connectivity index (χ4n) is 7.03. The number of carbonyl (C=O) groups is 4. The van der Waals surface area contributed by atoms with Gasteiger partial charge in [0.05, 0.1) is 30.6 Å². The van der Waals surface area contributed by atoms with E-state index >= 15 is 0 Å². The summed E-state index contributed by atoms with van der Waals surface area (Å²) in [6.45, 7) is 1.47. The Morgan fingerprint density at radius 1 is 1.02 bits per heavy atom. The second-order valence-electron chi connectivity index (χ2n) is 13.5. The summed E-state index contributed by atoms with van der Waals surface area (Å²) in [7, 11) is -2.89. The molecule has 0 unspecified atom stereocenters. The standard InChI is InChI=1S/C39H39N5O8S/c1-24(45)44-23-28(52-34-21-31(25-11-5-3-6-12-25)40-32-19-27(51-2)17-18-29(32)34)20-33(44)37(47)42-39-22-26(39)13-7-4-8-16-36(46)41-30-14-9-10-15-35(30)53(49,50)43-38(39)48/h3,5-7,9-15,17-19,21,26,28,33H,4,8,16,20,22-23H2,1-2H3,(H,41,46)(H,42,47)(H,43,48)/b13-7-/t26-,28-,33+,39-/m1/s1. The third-order valence-corrected chi connectivity index (χ3v) is 11.3. The number of fused-ring (bicyclic) bond motifs is 3. The number of anilines is 1. The van der Waals surface area contributed by atoms with Crippen LogP contribution in [0.15, 0.2) is 95.9 Å². The molecule has 3 N–H and O–H groups in total. The van der Waals surface area contributed by atoms with Crippen molar-refractivity contribution in [2.24, 2.45) is 5.92 Å². The number of carbonyl (C=O) groups excluding carboxylic acids is 4. The Labute approximate surface area is 306 Å². The Bertz CT molecular complexity index is 2250. The van der Waals surface area contributed by atoms with Crippen LogP contribution in [0.25, 0.3) is 22.2 Å². The highest BCUT2D eigenvalue weighted by molar-refractivity contribution is 7.90. The molecular weight excluding hydrogens is 699 g/mol. The Kier molecular flexibility index (Phi) is 9.64. The predicted molar refractivity (Wildman–Crippen MR) is 196 cm³/mol. The molecule has 2 aliphatic heterocycles. The largest absolute Gasteiger partial charge is 0.497 e. The third kappa shape index (κ3) is 7.31. The maximum Gasteiger partial charge on any atom is 0.266 e. The summed E-state index contributed by atoms with van der Waals surface area (Å²) in [6.07, 6.45) is 4.47. The van der Waals surface area contributed by atoms with Gasteiger partial charge in [0, 0.05) is 48.8 Å². The monoisotopic (exact) mass is 737 g/mol. The number of rotatable bonds is 6. The number of amides is 4. The maximum absolute atomic E-state index is 14.1. The van der Waals surface area contributed by atoms with Gasteiger partial charge in [0.2, 0.25) is 17.7 Å². The topological polar surface area (TPSA) is 173 Å². The SMILES string of the molecule is COc1ccc2c(O[C@@H]3C[C@@H](C(=O)N[C@]45C[C@H]4/C=C\CCCC(=O)Nc4ccccc4S(=O)(=O)NC5=O)N(C(C)=O)C3)cc(-c3ccccc3)nc2c1. The molecule has 4 amide bonds. The minimum atomic E-state index is -4.46. The van der Waals surface area contributed by atoms with E-state index in [0.717, 1.165) is 10.9 Å². The van der Waals surface area contributed by atoms with Crippen molar-refractivity contribution in [1.82, 2.24) is 19.9 Å². The average molecular weight is 738 g/mol. The molecule has 4 aromatic rings. The Morgan fingerprint density at radius 3 is 2.57 bits per heavy atom. The molecule has 3 heterocycles. The van der Waals surface area contributed by atoms with Gasteiger partial charge in [-0.3, -0.25) is 19.2 Å². The zero-order chi connectivity index (χ0) is 37.3. The van der Waals surface area contributed by atoms with Crippen molar-refractivity contribution in [3.8, 4) is 22.8 Å². The van der Waals surface area contributed by atoms with Crippen molar-refractivity contribution in [3.05, 3.63) is 91.0 Å². The van der Waals surface area contributed by atoms with Crippen molar-refractivity contribution < 1.29 is 37.1 Å². The van der Waals surface area contributed by atoms with Gasteiger partial charge in [-0.25, -0.2) is 18.1 Å². The fourth-order valence-corrected chi connectivity index (χ4v) is 8.23. The van der Waals surface area contributed by atoms with E-state index < -0.39 is 45.4 Å². The van der Waals surface area contributed by atoms with Crippen LogP contribution >= 0.6 is 0 Å². The summed E-state index contributed by atoms with van der Waals surface area (Å²) in [5.74, 6) is -1.58. The smallest absolute Gasteiger partial charge is 0.266 e. The molecular formula is C39H39N5O8S. The summed E-state index contributed by atoms with van der Waals surface area (Å²) < 4.78 is 41.2. The average Bonchev–Trinajstić information content (AvgIpc) is 3.67. The van der Waals surface area contributed by atoms with Crippen molar-refractivity contribution >= 4 is 50.2 Å². The summed E-state index contributed by atoms with van der Waals surface area (Å²) in [6, 6.07) is 21.7. The van der Waals surface area contributed by atoms with Crippen molar-refractivity contribution in [3.63, 3.8) is 0 Å². The van der Waals surface area contributed by atoms with Gasteiger partial charge in [0.15, 0.2) is 0 Å². The minimum Gasteiger partial charge on any atom is -0.497 e. The molecule has 1 aliphatic carbocycles. The lowest BCUT2D eigenvalue weighted by Gasteiger charge is -2.25. The molecule has 2 fully saturated rings. The number of allylic oxidation sites excluding steroid dienone is 1. The highest BCUT2D eigenvalue weighted by Crippen LogP contribution is 2.46. The van der Waals surface area contributed by atoms with E-state index in [9.17, 15) is 27.6 Å². The molecule has 13 nitrogen and oxygen atoms in total. The van der Waals surface area contributed by atoms with E-state index in [2.05, 4.69) is 15.4 Å². The molecule has 3 aliphatic rings. The van der Waals surface area contributed by atoms with Gasteiger partial charge < -0.3 is 25.0 Å². The Balaban J connectivity index is 1.15. The van der Waals surface area contributed by atoms with Crippen LogP contribution in [0.2, 0.25) is 0 Å². The molecule has 0 bridgehead atoms. The first kappa shape index (κ1) is 35.6. The highest BCUT2D eigenvalue weighted by Gasteiger charge is 2.61. The number of hydrogen-bond acceptors (Lipinski definition) is 9. The summed E-state index contributed by atoms with van der Waals surface area (Å²) in [4.78, 5) is 59.4. The van der Waals surface area contributed by atoms with Crippen molar-refractivity contribution in [2.75, 3.05) is 19.0 Å². The van der Waals surface area contributed by atoms with E-state index in [0.29, 0.717) is 35.6 Å². The Hall–Kier alpha value is -5.76. The first-order valence-corrected chi connectivity index (χ1v) is 18.9. The Morgan fingerprint density at radius 2 is 1.79 bits per heavy atom. The molecule has 1 saturated carbocycles. The van der Waals surface area contributed by atoms with Crippen LogP contribution in [-0.2, 0) is 29.2 Å². The summed E-state index contributed by atoms with van der Waals surface area (Å²) in [5.41, 5.74) is 0.656. The number of para-hydroxylation sites is 1. The molecule has 0 radical (unpaired) electrons. The zero-order valence-corrected chi connectivity index (χ0v) is 30.0. The molecule has 4 atom stereocenters. The van der Waals surface area contributed by atoms with E-state index in [1.807, 2.05) is 54.6 Å². The minimum absolute atomic E-state index is 0.0435. The number of aromatic nitrogens is 1. The lowest BCUT2D eigenvalue weighted by molar-refractivity contribution is -0.138. The van der Waals surface area contributed by atoms with Gasteiger partial charge in [-0.1, -0.05) is 54.6 Å². The van der Waals surface area contributed by atoms with Gasteiger partial charge >= 0.3 is 0 Å². The summed E-state index contributed by atoms with van der Waals surface area (Å²) >= 11 is 0. The van der Waals surface area contributed by atoms with Gasteiger partial charge in [-0.05, 0) is 43.5 Å². The van der Waals surface area contributed by atoms with Crippen LogP contribution in [0.3, 0.4) is 0 Å². The molecule has 53 heavy (non-hydrogen) atoms. The van der Waals surface area contributed by atoms with E-state index in [1.54, 1.807) is 25.3 Å². The number of methoxy groups -OCH3 is 1. The molecule has 3 aromatic carbocycles. The second-order valence-corrected chi connectivity index (χ2v) is 15.1. The van der Waals surface area contributed by atoms with E-state index in [4.69, 9.17) is 14.5 Å². The van der Waals surface area contributed by atoms with Crippen molar-refractivity contribution in [2.45, 2.75) is 61.6 Å². The van der Waals surface area contributed by atoms with Gasteiger partial charge in [-0.2, -0.15) is 0 Å². The third-order valence-electron chi connectivity index (χ3n) is 9.90. The number of likely N-dealkylation sites (tertiary alicyclic amines) is 1. The van der Waals surface area contributed by atoms with E-state index in [1.165, 1.54) is 30.0 Å².